The minimum atomic E-state index is -0.499. The number of amides is 3. The summed E-state index contributed by atoms with van der Waals surface area (Å²) < 4.78 is 2.02. The van der Waals surface area contributed by atoms with E-state index in [0.717, 1.165) is 44.3 Å². The SMILES string of the molecule is Cc1ccc(NC(=O)CN2C(=O)SC(=Cc3cn(Cc4ccccc4C#N)c4ccccc34)C2=O)cc1. The third-order valence-electron chi connectivity index (χ3n) is 6.10. The Bertz CT molecular complexity index is 1610. The van der Waals surface area contributed by atoms with Crippen LogP contribution in [0.25, 0.3) is 17.0 Å². The van der Waals surface area contributed by atoms with Crippen molar-refractivity contribution in [3.63, 3.8) is 0 Å². The Morgan fingerprint density at radius 1 is 1.03 bits per heavy atom. The van der Waals surface area contributed by atoms with E-state index in [1.165, 1.54) is 0 Å². The first kappa shape index (κ1) is 24.1. The quantitative estimate of drug-likeness (QED) is 0.346. The van der Waals surface area contributed by atoms with Gasteiger partial charge in [-0.3, -0.25) is 19.3 Å². The predicted molar refractivity (Wildman–Crippen MR) is 145 cm³/mol. The molecule has 0 saturated carbocycles. The third kappa shape index (κ3) is 5.03. The molecule has 0 aliphatic carbocycles. The number of hydrogen-bond acceptors (Lipinski definition) is 5. The first-order valence-corrected chi connectivity index (χ1v) is 12.4. The van der Waals surface area contributed by atoms with E-state index in [1.807, 2.05) is 72.3 Å². The predicted octanol–water partition coefficient (Wildman–Crippen LogP) is 5.54. The van der Waals surface area contributed by atoms with Gasteiger partial charge in [-0.05, 0) is 54.6 Å². The van der Waals surface area contributed by atoms with Gasteiger partial charge in [0.15, 0.2) is 0 Å². The van der Waals surface area contributed by atoms with Gasteiger partial charge in [-0.1, -0.05) is 54.1 Å². The lowest BCUT2D eigenvalue weighted by Gasteiger charge is -2.12. The number of imide groups is 1. The molecule has 0 unspecified atom stereocenters. The van der Waals surface area contributed by atoms with Gasteiger partial charge in [0, 0.05) is 34.9 Å². The van der Waals surface area contributed by atoms with Gasteiger partial charge in [-0.2, -0.15) is 5.26 Å². The van der Waals surface area contributed by atoms with E-state index < -0.39 is 17.1 Å². The van der Waals surface area contributed by atoms with Gasteiger partial charge in [0.05, 0.1) is 16.5 Å². The van der Waals surface area contributed by atoms with Crippen LogP contribution in [-0.2, 0) is 16.1 Å². The van der Waals surface area contributed by atoms with E-state index >= 15 is 0 Å². The molecule has 4 aromatic rings. The number of benzene rings is 3. The molecule has 7 nitrogen and oxygen atoms in total. The maximum Gasteiger partial charge on any atom is 0.294 e. The summed E-state index contributed by atoms with van der Waals surface area (Å²) in [5, 5.41) is 12.6. The van der Waals surface area contributed by atoms with Crippen LogP contribution in [0.4, 0.5) is 10.5 Å². The molecule has 1 aliphatic heterocycles. The Kier molecular flexibility index (Phi) is 6.62. The second kappa shape index (κ2) is 10.2. The lowest BCUT2D eigenvalue weighted by molar-refractivity contribution is -0.127. The third-order valence-corrected chi connectivity index (χ3v) is 7.00. The Morgan fingerprint density at radius 3 is 2.54 bits per heavy atom. The number of para-hydroxylation sites is 1. The van der Waals surface area contributed by atoms with Crippen LogP contribution in [0.15, 0.2) is 83.9 Å². The fourth-order valence-corrected chi connectivity index (χ4v) is 5.06. The van der Waals surface area contributed by atoms with Crippen molar-refractivity contribution in [3.05, 3.63) is 106 Å². The number of carbonyl (C=O) groups is 3. The molecule has 8 heteroatoms. The van der Waals surface area contributed by atoms with Gasteiger partial charge in [0.1, 0.15) is 6.54 Å². The van der Waals surface area contributed by atoms with Crippen molar-refractivity contribution in [1.82, 2.24) is 9.47 Å². The second-order valence-corrected chi connectivity index (χ2v) is 9.67. The zero-order valence-corrected chi connectivity index (χ0v) is 20.8. The molecular weight excluding hydrogens is 484 g/mol. The van der Waals surface area contributed by atoms with Crippen molar-refractivity contribution < 1.29 is 14.4 Å². The summed E-state index contributed by atoms with van der Waals surface area (Å²) in [7, 11) is 0. The Labute approximate surface area is 218 Å². The molecule has 1 aromatic heterocycles. The molecule has 0 spiro atoms. The van der Waals surface area contributed by atoms with Crippen LogP contribution < -0.4 is 5.32 Å². The highest BCUT2D eigenvalue weighted by molar-refractivity contribution is 8.18. The van der Waals surface area contributed by atoms with Gasteiger partial charge in [-0.15, -0.1) is 0 Å². The van der Waals surface area contributed by atoms with Crippen LogP contribution in [0, 0.1) is 18.3 Å². The summed E-state index contributed by atoms with van der Waals surface area (Å²) in [5.41, 5.74) is 4.87. The maximum atomic E-state index is 13.1. The summed E-state index contributed by atoms with van der Waals surface area (Å²) >= 11 is 0.821. The molecule has 3 amide bonds. The number of nitrogens with zero attached hydrogens (tertiary/aromatic N) is 3. The van der Waals surface area contributed by atoms with E-state index in [-0.39, 0.29) is 11.4 Å². The number of anilines is 1. The van der Waals surface area contributed by atoms with E-state index in [4.69, 9.17) is 0 Å². The van der Waals surface area contributed by atoms with Crippen molar-refractivity contribution >= 4 is 51.5 Å². The highest BCUT2D eigenvalue weighted by Crippen LogP contribution is 2.34. The number of hydrogen-bond donors (Lipinski definition) is 1. The minimum absolute atomic E-state index is 0.258. The molecule has 2 heterocycles. The van der Waals surface area contributed by atoms with Gasteiger partial charge >= 0.3 is 0 Å². The molecule has 0 atom stereocenters. The van der Waals surface area contributed by atoms with E-state index in [2.05, 4.69) is 11.4 Å². The normalized spacial score (nSPS) is 14.4. The van der Waals surface area contributed by atoms with Gasteiger partial charge in [0.25, 0.3) is 11.1 Å². The summed E-state index contributed by atoms with van der Waals surface area (Å²) in [6.45, 7) is 2.07. The number of nitriles is 1. The number of nitrogens with one attached hydrogen (secondary N) is 1. The molecule has 0 radical (unpaired) electrons. The van der Waals surface area contributed by atoms with Crippen molar-refractivity contribution in [2.24, 2.45) is 0 Å². The highest BCUT2D eigenvalue weighted by atomic mass is 32.2. The maximum absolute atomic E-state index is 13.1. The highest BCUT2D eigenvalue weighted by Gasteiger charge is 2.36. The number of aryl methyl sites for hydroxylation is 1. The van der Waals surface area contributed by atoms with Crippen molar-refractivity contribution in [1.29, 1.82) is 5.26 Å². The van der Waals surface area contributed by atoms with E-state index in [1.54, 1.807) is 24.3 Å². The number of aromatic nitrogens is 1. The first-order valence-electron chi connectivity index (χ1n) is 11.6. The monoisotopic (exact) mass is 506 g/mol. The zero-order valence-electron chi connectivity index (χ0n) is 20.0. The van der Waals surface area contributed by atoms with E-state index in [9.17, 15) is 19.6 Å². The molecule has 3 aromatic carbocycles. The fraction of sp³-hybridized carbons (Fsp3) is 0.103. The molecule has 1 fully saturated rings. The van der Waals surface area contributed by atoms with Gasteiger partial charge < -0.3 is 9.88 Å². The van der Waals surface area contributed by atoms with Crippen LogP contribution in [0.5, 0.6) is 0 Å². The van der Waals surface area contributed by atoms with Crippen LogP contribution >= 0.6 is 11.8 Å². The van der Waals surface area contributed by atoms with Crippen molar-refractivity contribution in [2.75, 3.05) is 11.9 Å². The van der Waals surface area contributed by atoms with Crippen molar-refractivity contribution in [2.45, 2.75) is 13.5 Å². The van der Waals surface area contributed by atoms with Crippen molar-refractivity contribution in [3.8, 4) is 6.07 Å². The lowest BCUT2D eigenvalue weighted by atomic mass is 10.1. The summed E-state index contributed by atoms with van der Waals surface area (Å²) in [6.07, 6.45) is 3.61. The van der Waals surface area contributed by atoms with Crippen LogP contribution in [0.1, 0.15) is 22.3 Å². The Hall–Kier alpha value is -4.61. The number of thioether (sulfide) groups is 1. The molecule has 0 bridgehead atoms. The molecule has 1 saturated heterocycles. The number of fused-ring (bicyclic) bond motifs is 1. The van der Waals surface area contributed by atoms with Crippen LogP contribution in [-0.4, -0.2) is 33.1 Å². The zero-order chi connectivity index (χ0) is 25.9. The largest absolute Gasteiger partial charge is 0.342 e. The summed E-state index contributed by atoms with van der Waals surface area (Å²) in [5.74, 6) is -0.944. The second-order valence-electron chi connectivity index (χ2n) is 8.68. The van der Waals surface area contributed by atoms with Gasteiger partial charge in [0.2, 0.25) is 5.91 Å². The molecule has 5 rings (SSSR count). The van der Waals surface area contributed by atoms with E-state index in [0.29, 0.717) is 17.8 Å². The Morgan fingerprint density at radius 2 is 1.76 bits per heavy atom. The minimum Gasteiger partial charge on any atom is -0.342 e. The molecule has 182 valence electrons. The number of rotatable bonds is 6. The lowest BCUT2D eigenvalue weighted by Crippen LogP contribution is -2.36. The Balaban J connectivity index is 1.39. The molecule has 1 aliphatic rings. The first-order chi connectivity index (χ1) is 17.9. The summed E-state index contributed by atoms with van der Waals surface area (Å²) in [4.78, 5) is 39.4. The van der Waals surface area contributed by atoms with Crippen LogP contribution in [0.3, 0.4) is 0 Å². The molecular formula is C29H22N4O3S. The standard InChI is InChI=1S/C29H22N4O3S/c1-19-10-12-23(13-11-19)31-27(34)18-33-28(35)26(37-29(33)36)14-22-17-32(25-9-5-4-8-24(22)25)16-21-7-3-2-6-20(21)15-30/h2-14,17H,16,18H2,1H3,(H,31,34). The average Bonchev–Trinajstić information content (AvgIpc) is 3.37. The molecule has 1 N–H and O–H groups in total. The summed E-state index contributed by atoms with van der Waals surface area (Å²) in [6, 6.07) is 24.7. The van der Waals surface area contributed by atoms with Crippen LogP contribution in [0.2, 0.25) is 0 Å². The molecule has 37 heavy (non-hydrogen) atoms. The number of carbonyl (C=O) groups excluding carboxylic acids is 3. The fourth-order valence-electron chi connectivity index (χ4n) is 4.23. The smallest absolute Gasteiger partial charge is 0.294 e. The van der Waals surface area contributed by atoms with Gasteiger partial charge in [-0.25, -0.2) is 0 Å². The topological polar surface area (TPSA) is 95.2 Å². The average molecular weight is 507 g/mol.